The minimum Gasteiger partial charge on any atom is -0.296 e. The van der Waals surface area contributed by atoms with Gasteiger partial charge < -0.3 is 0 Å². The number of amides is 1. The molecule has 6 nitrogen and oxygen atoms in total. The lowest BCUT2D eigenvalue weighted by Crippen LogP contribution is -2.54. The van der Waals surface area contributed by atoms with Gasteiger partial charge in [0.2, 0.25) is 5.91 Å². The van der Waals surface area contributed by atoms with E-state index in [4.69, 9.17) is 0 Å². The maximum absolute atomic E-state index is 13.2. The maximum Gasteiger partial charge on any atom is 0.410 e. The smallest absolute Gasteiger partial charge is 0.296 e. The second-order valence-corrected chi connectivity index (χ2v) is 9.92. The van der Waals surface area contributed by atoms with Crippen LogP contribution < -0.4 is 4.90 Å². The number of nitrogens with zero attached hydrogens (tertiary/aromatic N) is 3. The fraction of sp³-hybridized carbons (Fsp3) is 0.733. The molecule has 3 rings (SSSR count). The molecule has 140 valence electrons. The van der Waals surface area contributed by atoms with Crippen LogP contribution in [0.25, 0.3) is 0 Å². The first kappa shape index (κ1) is 18.2. The number of carbonyl (C=O) groups is 1. The number of rotatable bonds is 3. The zero-order valence-electron chi connectivity index (χ0n) is 14.2. The number of aromatic nitrogens is 2. The van der Waals surface area contributed by atoms with E-state index >= 15 is 0 Å². The van der Waals surface area contributed by atoms with Crippen LogP contribution in [0.1, 0.15) is 44.8 Å². The maximum atomic E-state index is 13.2. The van der Waals surface area contributed by atoms with Crippen molar-refractivity contribution in [1.82, 2.24) is 9.78 Å². The standard InChI is InChI=1S/C15H20F3N3O3S/c1-9-8-12-20(7-6-11(15(16,17)18)21(12)19-9)13(22)14(2,3)25(23,24)10-4-5-10/h8,10-11H,4-7H2,1-3H3. The van der Waals surface area contributed by atoms with Gasteiger partial charge in [-0.05, 0) is 40.0 Å². The van der Waals surface area contributed by atoms with Gasteiger partial charge in [-0.25, -0.2) is 13.1 Å². The molecule has 10 heteroatoms. The van der Waals surface area contributed by atoms with Gasteiger partial charge in [0.15, 0.2) is 15.9 Å². The van der Waals surface area contributed by atoms with E-state index in [-0.39, 0.29) is 18.8 Å². The molecule has 2 aliphatic rings. The first-order valence-corrected chi connectivity index (χ1v) is 9.60. The molecule has 1 saturated carbocycles. The molecule has 0 saturated heterocycles. The number of halogens is 3. The Bertz CT molecular complexity index is 810. The second-order valence-electron chi connectivity index (χ2n) is 7.15. The Morgan fingerprint density at radius 2 is 1.84 bits per heavy atom. The summed E-state index contributed by atoms with van der Waals surface area (Å²) in [6, 6.07) is -0.432. The van der Waals surface area contributed by atoms with E-state index in [2.05, 4.69) is 5.10 Å². The Kier molecular flexibility index (Phi) is 3.98. The van der Waals surface area contributed by atoms with Gasteiger partial charge in [0.1, 0.15) is 10.6 Å². The summed E-state index contributed by atoms with van der Waals surface area (Å²) >= 11 is 0. The topological polar surface area (TPSA) is 72.3 Å². The Morgan fingerprint density at radius 3 is 2.36 bits per heavy atom. The fourth-order valence-electron chi connectivity index (χ4n) is 3.17. The van der Waals surface area contributed by atoms with Crippen LogP contribution in [-0.4, -0.2) is 46.8 Å². The Balaban J connectivity index is 1.99. The van der Waals surface area contributed by atoms with Crippen molar-refractivity contribution in [2.24, 2.45) is 0 Å². The number of aryl methyl sites for hydroxylation is 1. The summed E-state index contributed by atoms with van der Waals surface area (Å²) in [4.78, 5) is 14.1. The summed E-state index contributed by atoms with van der Waals surface area (Å²) in [5.41, 5.74) is 0.340. The fourth-order valence-corrected chi connectivity index (χ4v) is 5.12. The minimum atomic E-state index is -4.49. The Morgan fingerprint density at radius 1 is 1.24 bits per heavy atom. The van der Waals surface area contributed by atoms with Gasteiger partial charge >= 0.3 is 6.18 Å². The molecular weight excluding hydrogens is 359 g/mol. The normalized spacial score (nSPS) is 22.0. The van der Waals surface area contributed by atoms with Crippen molar-refractivity contribution in [2.75, 3.05) is 11.4 Å². The van der Waals surface area contributed by atoms with Crippen molar-refractivity contribution in [1.29, 1.82) is 0 Å². The van der Waals surface area contributed by atoms with Gasteiger partial charge in [-0.15, -0.1) is 0 Å². The van der Waals surface area contributed by atoms with E-state index in [0.29, 0.717) is 18.5 Å². The summed E-state index contributed by atoms with van der Waals surface area (Å²) in [6.45, 7) is 3.99. The lowest BCUT2D eigenvalue weighted by molar-refractivity contribution is -0.173. The quantitative estimate of drug-likeness (QED) is 0.808. The van der Waals surface area contributed by atoms with Crippen LogP contribution in [0, 0.1) is 6.92 Å². The Labute approximate surface area is 143 Å². The van der Waals surface area contributed by atoms with Crippen molar-refractivity contribution >= 4 is 21.6 Å². The molecule has 0 radical (unpaired) electrons. The van der Waals surface area contributed by atoms with Crippen LogP contribution in [0.5, 0.6) is 0 Å². The summed E-state index contributed by atoms with van der Waals surface area (Å²) < 4.78 is 64.0. The molecule has 1 aliphatic carbocycles. The number of fused-ring (bicyclic) bond motifs is 1. The zero-order chi connectivity index (χ0) is 18.8. The molecular formula is C15H20F3N3O3S. The van der Waals surface area contributed by atoms with Crippen LogP contribution in [-0.2, 0) is 14.6 Å². The molecule has 1 unspecified atom stereocenters. The van der Waals surface area contributed by atoms with E-state index in [1.165, 1.54) is 26.8 Å². The lowest BCUT2D eigenvalue weighted by atomic mass is 10.1. The zero-order valence-corrected chi connectivity index (χ0v) is 15.0. The SMILES string of the molecule is Cc1cc2n(n1)C(C(F)(F)F)CCN2C(=O)C(C)(C)S(=O)(=O)C1CC1. The highest BCUT2D eigenvalue weighted by Crippen LogP contribution is 2.42. The molecule has 0 aromatic carbocycles. The number of carbonyl (C=O) groups excluding carboxylic acids is 1. The van der Waals surface area contributed by atoms with Crippen LogP contribution in [0.15, 0.2) is 6.07 Å². The monoisotopic (exact) mass is 379 g/mol. The van der Waals surface area contributed by atoms with Crippen LogP contribution in [0.3, 0.4) is 0 Å². The van der Waals surface area contributed by atoms with Crippen LogP contribution in [0.4, 0.5) is 19.0 Å². The summed E-state index contributed by atoms with van der Waals surface area (Å²) in [7, 11) is -3.69. The summed E-state index contributed by atoms with van der Waals surface area (Å²) in [5.74, 6) is -0.712. The molecule has 1 aromatic heterocycles. The molecule has 0 spiro atoms. The first-order valence-electron chi connectivity index (χ1n) is 8.05. The summed E-state index contributed by atoms with van der Waals surface area (Å²) in [6.07, 6.45) is -3.81. The van der Waals surface area contributed by atoms with Crippen molar-refractivity contribution in [2.45, 2.75) is 62.2 Å². The number of hydrogen-bond acceptors (Lipinski definition) is 4. The average molecular weight is 379 g/mol. The lowest BCUT2D eigenvalue weighted by Gasteiger charge is -2.37. The van der Waals surface area contributed by atoms with Crippen molar-refractivity contribution in [3.63, 3.8) is 0 Å². The number of alkyl halides is 3. The molecule has 0 N–H and O–H groups in total. The minimum absolute atomic E-state index is 0.00449. The molecule has 1 aliphatic heterocycles. The average Bonchev–Trinajstić information content (AvgIpc) is 3.26. The van der Waals surface area contributed by atoms with Gasteiger partial charge in [0.25, 0.3) is 0 Å². The molecule has 2 heterocycles. The van der Waals surface area contributed by atoms with Gasteiger partial charge in [-0.3, -0.25) is 9.69 Å². The highest BCUT2D eigenvalue weighted by atomic mass is 32.2. The first-order chi connectivity index (χ1) is 11.4. The largest absolute Gasteiger partial charge is 0.410 e. The highest BCUT2D eigenvalue weighted by Gasteiger charge is 2.54. The summed E-state index contributed by atoms with van der Waals surface area (Å²) in [5, 5.41) is 3.34. The molecule has 0 bridgehead atoms. The van der Waals surface area contributed by atoms with Gasteiger partial charge in [0.05, 0.1) is 10.9 Å². The predicted octanol–water partition coefficient (Wildman–Crippen LogP) is 2.39. The second kappa shape index (κ2) is 5.46. The number of sulfone groups is 1. The number of hydrogen-bond donors (Lipinski definition) is 0. The van der Waals surface area contributed by atoms with E-state index in [1.807, 2.05) is 0 Å². The molecule has 1 atom stereocenters. The third-order valence-electron chi connectivity index (χ3n) is 4.85. The van der Waals surface area contributed by atoms with Gasteiger partial charge in [-0.2, -0.15) is 18.3 Å². The van der Waals surface area contributed by atoms with Crippen LogP contribution >= 0.6 is 0 Å². The van der Waals surface area contributed by atoms with E-state index < -0.39 is 38.0 Å². The third-order valence-corrected chi connectivity index (χ3v) is 7.79. The van der Waals surface area contributed by atoms with E-state index in [9.17, 15) is 26.4 Å². The van der Waals surface area contributed by atoms with Gasteiger partial charge in [-0.1, -0.05) is 0 Å². The highest BCUT2D eigenvalue weighted by molar-refractivity contribution is 7.94. The Hall–Kier alpha value is -1.58. The molecule has 1 fully saturated rings. The number of anilines is 1. The van der Waals surface area contributed by atoms with E-state index in [0.717, 1.165) is 9.58 Å². The molecule has 25 heavy (non-hydrogen) atoms. The van der Waals surface area contributed by atoms with Gasteiger partial charge in [0, 0.05) is 12.6 Å². The van der Waals surface area contributed by atoms with Crippen molar-refractivity contribution in [3.05, 3.63) is 11.8 Å². The van der Waals surface area contributed by atoms with Crippen LogP contribution in [0.2, 0.25) is 0 Å². The predicted molar refractivity (Wildman–Crippen MR) is 85.0 cm³/mol. The van der Waals surface area contributed by atoms with E-state index in [1.54, 1.807) is 0 Å². The molecule has 1 aromatic rings. The molecule has 1 amide bonds. The third kappa shape index (κ3) is 2.84. The van der Waals surface area contributed by atoms with Crippen molar-refractivity contribution in [3.8, 4) is 0 Å². The van der Waals surface area contributed by atoms with Crippen molar-refractivity contribution < 1.29 is 26.4 Å².